The summed E-state index contributed by atoms with van der Waals surface area (Å²) >= 11 is 0. The van der Waals surface area contributed by atoms with Gasteiger partial charge in [0, 0.05) is 18.7 Å². The molecule has 0 aliphatic heterocycles. The van der Waals surface area contributed by atoms with Crippen molar-refractivity contribution >= 4 is 11.4 Å². The Kier molecular flexibility index (Phi) is 4.81. The highest BCUT2D eigenvalue weighted by Gasteiger charge is 2.21. The molecule has 17 heavy (non-hydrogen) atoms. The van der Waals surface area contributed by atoms with Gasteiger partial charge in [0.2, 0.25) is 5.82 Å². The summed E-state index contributed by atoms with van der Waals surface area (Å²) in [7, 11) is 0. The van der Waals surface area contributed by atoms with Crippen molar-refractivity contribution in [2.45, 2.75) is 26.2 Å². The fourth-order valence-electron chi connectivity index (χ4n) is 1.48. The molecule has 6 heteroatoms. The highest BCUT2D eigenvalue weighted by molar-refractivity contribution is 5.62. The molecule has 0 spiro atoms. The second-order valence-electron chi connectivity index (χ2n) is 3.67. The number of benzene rings is 1. The number of anilines is 1. The number of nitro groups is 1. The Morgan fingerprint density at radius 1 is 1.35 bits per heavy atom. The van der Waals surface area contributed by atoms with Gasteiger partial charge in [0.1, 0.15) is 11.5 Å². The second kappa shape index (κ2) is 6.12. The summed E-state index contributed by atoms with van der Waals surface area (Å²) in [6.45, 7) is 2.47. The summed E-state index contributed by atoms with van der Waals surface area (Å²) in [5, 5.41) is 13.3. The monoisotopic (exact) mass is 244 g/mol. The molecule has 1 rings (SSSR count). The van der Waals surface area contributed by atoms with Crippen LogP contribution in [0.2, 0.25) is 0 Å². The number of nitro benzene ring substituents is 1. The van der Waals surface area contributed by atoms with Crippen LogP contribution >= 0.6 is 0 Å². The first-order valence-corrected chi connectivity index (χ1v) is 5.43. The van der Waals surface area contributed by atoms with Crippen molar-refractivity contribution in [1.29, 1.82) is 0 Å². The molecule has 0 unspecified atom stereocenters. The van der Waals surface area contributed by atoms with Gasteiger partial charge in [-0.2, -0.15) is 4.39 Å². The summed E-state index contributed by atoms with van der Waals surface area (Å²) in [4.78, 5) is 9.80. The summed E-state index contributed by atoms with van der Waals surface area (Å²) in [5.74, 6) is -1.99. The fourth-order valence-corrected chi connectivity index (χ4v) is 1.48. The summed E-state index contributed by atoms with van der Waals surface area (Å²) in [6, 6.07) is 1.45. The summed E-state index contributed by atoms with van der Waals surface area (Å²) in [5.41, 5.74) is -0.813. The number of nitrogens with one attached hydrogen (secondary N) is 1. The maximum atomic E-state index is 13.2. The standard InChI is InChI=1S/C11H14F2N2O2/c1-2-3-4-5-14-10-7-8(12)6-9(13)11(10)15(16)17/h6-7,14H,2-5H2,1H3. The Hall–Kier alpha value is -1.72. The van der Waals surface area contributed by atoms with Gasteiger partial charge in [0.05, 0.1) is 4.92 Å². The van der Waals surface area contributed by atoms with Crippen LogP contribution in [0.15, 0.2) is 12.1 Å². The predicted octanol–water partition coefficient (Wildman–Crippen LogP) is 3.48. The molecular formula is C11H14F2N2O2. The van der Waals surface area contributed by atoms with Crippen molar-refractivity contribution in [3.63, 3.8) is 0 Å². The maximum Gasteiger partial charge on any atom is 0.327 e. The molecule has 0 aliphatic rings. The van der Waals surface area contributed by atoms with Crippen LogP contribution in [0.4, 0.5) is 20.2 Å². The highest BCUT2D eigenvalue weighted by Crippen LogP contribution is 2.28. The third-order valence-electron chi connectivity index (χ3n) is 2.31. The van der Waals surface area contributed by atoms with Gasteiger partial charge in [-0.25, -0.2) is 4.39 Å². The number of hydrogen-bond donors (Lipinski definition) is 1. The molecule has 0 radical (unpaired) electrons. The minimum Gasteiger partial charge on any atom is -0.379 e. The number of unbranched alkanes of at least 4 members (excludes halogenated alkanes) is 2. The quantitative estimate of drug-likeness (QED) is 0.473. The maximum absolute atomic E-state index is 13.2. The van der Waals surface area contributed by atoms with Gasteiger partial charge in [0.25, 0.3) is 0 Å². The van der Waals surface area contributed by atoms with Crippen molar-refractivity contribution in [2.75, 3.05) is 11.9 Å². The van der Waals surface area contributed by atoms with Crippen LogP contribution in [0.25, 0.3) is 0 Å². The molecule has 0 aromatic heterocycles. The van der Waals surface area contributed by atoms with Crippen molar-refractivity contribution in [2.24, 2.45) is 0 Å². The van der Waals surface area contributed by atoms with Crippen LogP contribution < -0.4 is 5.32 Å². The smallest absolute Gasteiger partial charge is 0.327 e. The van der Waals surface area contributed by atoms with Crippen molar-refractivity contribution in [3.05, 3.63) is 33.9 Å². The average molecular weight is 244 g/mol. The Morgan fingerprint density at radius 2 is 2.06 bits per heavy atom. The predicted molar refractivity (Wildman–Crippen MR) is 61.0 cm³/mol. The topological polar surface area (TPSA) is 55.2 Å². The lowest BCUT2D eigenvalue weighted by molar-refractivity contribution is -0.386. The SMILES string of the molecule is CCCCCNc1cc(F)cc(F)c1[N+](=O)[O-]. The first-order valence-electron chi connectivity index (χ1n) is 5.43. The molecule has 1 aromatic carbocycles. The lowest BCUT2D eigenvalue weighted by Gasteiger charge is -2.07. The second-order valence-corrected chi connectivity index (χ2v) is 3.67. The zero-order valence-electron chi connectivity index (χ0n) is 9.50. The Morgan fingerprint density at radius 3 is 2.65 bits per heavy atom. The molecule has 0 heterocycles. The van der Waals surface area contributed by atoms with Gasteiger partial charge in [0.15, 0.2) is 0 Å². The molecule has 0 bridgehead atoms. The normalized spacial score (nSPS) is 10.3. The van der Waals surface area contributed by atoms with E-state index in [4.69, 9.17) is 0 Å². The van der Waals surface area contributed by atoms with Crippen LogP contribution in [0.5, 0.6) is 0 Å². The van der Waals surface area contributed by atoms with Gasteiger partial charge in [-0.05, 0) is 6.42 Å². The van der Waals surface area contributed by atoms with Crippen LogP contribution in [0, 0.1) is 21.7 Å². The van der Waals surface area contributed by atoms with Gasteiger partial charge in [-0.1, -0.05) is 19.8 Å². The molecule has 1 aromatic rings. The van der Waals surface area contributed by atoms with E-state index in [0.717, 1.165) is 25.3 Å². The first kappa shape index (κ1) is 13.3. The fraction of sp³-hybridized carbons (Fsp3) is 0.455. The van der Waals surface area contributed by atoms with Crippen LogP contribution in [0.3, 0.4) is 0 Å². The molecule has 4 nitrogen and oxygen atoms in total. The zero-order valence-corrected chi connectivity index (χ0v) is 9.50. The number of hydrogen-bond acceptors (Lipinski definition) is 3. The Labute approximate surface area is 97.8 Å². The van der Waals surface area contributed by atoms with Crippen LogP contribution in [-0.2, 0) is 0 Å². The van der Waals surface area contributed by atoms with Crippen molar-refractivity contribution in [1.82, 2.24) is 0 Å². The summed E-state index contributed by atoms with van der Waals surface area (Å²) < 4.78 is 26.2. The Balaban J connectivity index is 2.85. The van der Waals surface area contributed by atoms with Gasteiger partial charge >= 0.3 is 5.69 Å². The van der Waals surface area contributed by atoms with Crippen molar-refractivity contribution in [3.8, 4) is 0 Å². The molecule has 0 fully saturated rings. The molecule has 1 N–H and O–H groups in total. The largest absolute Gasteiger partial charge is 0.379 e. The Bertz CT molecular complexity index is 411. The lowest BCUT2D eigenvalue weighted by atomic mass is 10.2. The summed E-state index contributed by atoms with van der Waals surface area (Å²) in [6.07, 6.45) is 2.76. The van der Waals surface area contributed by atoms with E-state index in [0.29, 0.717) is 12.6 Å². The third-order valence-corrected chi connectivity index (χ3v) is 2.31. The molecule has 0 saturated heterocycles. The van der Waals surface area contributed by atoms with E-state index in [2.05, 4.69) is 5.32 Å². The van der Waals surface area contributed by atoms with E-state index < -0.39 is 22.2 Å². The van der Waals surface area contributed by atoms with Gasteiger partial charge in [-0.15, -0.1) is 0 Å². The van der Waals surface area contributed by atoms with E-state index in [9.17, 15) is 18.9 Å². The molecule has 0 atom stereocenters. The molecule has 0 saturated carbocycles. The van der Waals surface area contributed by atoms with Crippen molar-refractivity contribution < 1.29 is 13.7 Å². The lowest BCUT2D eigenvalue weighted by Crippen LogP contribution is -2.06. The molecule has 94 valence electrons. The minimum absolute atomic E-state index is 0.108. The number of nitrogens with zero attached hydrogens (tertiary/aromatic N) is 1. The molecule has 0 amide bonds. The van der Waals surface area contributed by atoms with E-state index in [1.54, 1.807) is 0 Å². The highest BCUT2D eigenvalue weighted by atomic mass is 19.1. The molecule has 0 aliphatic carbocycles. The van der Waals surface area contributed by atoms with Gasteiger partial charge in [-0.3, -0.25) is 10.1 Å². The van der Waals surface area contributed by atoms with E-state index in [1.807, 2.05) is 6.92 Å². The number of rotatable bonds is 6. The zero-order chi connectivity index (χ0) is 12.8. The minimum atomic E-state index is -1.16. The van der Waals surface area contributed by atoms with Gasteiger partial charge < -0.3 is 5.32 Å². The average Bonchev–Trinajstić information content (AvgIpc) is 2.22. The first-order chi connectivity index (χ1) is 8.06. The van der Waals surface area contributed by atoms with Crippen LogP contribution in [-0.4, -0.2) is 11.5 Å². The van der Waals surface area contributed by atoms with E-state index in [-0.39, 0.29) is 5.69 Å². The van der Waals surface area contributed by atoms with E-state index >= 15 is 0 Å². The van der Waals surface area contributed by atoms with Crippen LogP contribution in [0.1, 0.15) is 26.2 Å². The third kappa shape index (κ3) is 3.65. The molecular weight excluding hydrogens is 230 g/mol. The van der Waals surface area contributed by atoms with E-state index in [1.165, 1.54) is 0 Å². The number of halogens is 2.